The lowest BCUT2D eigenvalue weighted by Crippen LogP contribution is -2.53. The van der Waals surface area contributed by atoms with E-state index in [0.29, 0.717) is 108 Å². The molecule has 5 fully saturated rings. The molecule has 0 radical (unpaired) electrons. The number of benzene rings is 9. The quantitative estimate of drug-likeness (QED) is 0.0456. The number of methoxy groups -OCH3 is 6. The SMILES string of the molecule is COc1cc(CN2C(=O)c3cccc(N4CCN(CC(C)C)CC4)c3C2=O)cc(OC)c1OC.COc1cc(CN2C(=O)c3cccc(N4CCN(Cc5ccccc5)CC4)c3C2=O)ccn1.COc1ccc(CN2C(=O)c3cccc(N4CCN(Cc5ccc(Cl)cc5)CC4)c3C2=O)cc1OC.O=C1c2cccc(N3CC4CCC(C3)N4Cc3ccccc3)c2C(=O)N1Cc1ccccn1. The van der Waals surface area contributed by atoms with Crippen LogP contribution in [0, 0.1) is 5.92 Å². The van der Waals surface area contributed by atoms with Gasteiger partial charge in [-0.2, -0.15) is 0 Å². The summed E-state index contributed by atoms with van der Waals surface area (Å²) < 4.78 is 32.1. The van der Waals surface area contributed by atoms with Gasteiger partial charge in [-0.05, 0) is 155 Å². The molecule has 9 aliphatic rings. The summed E-state index contributed by atoms with van der Waals surface area (Å²) in [5.41, 5.74) is 14.2. The maximum Gasteiger partial charge on any atom is 0.264 e. The largest absolute Gasteiger partial charge is 0.493 e. The van der Waals surface area contributed by atoms with E-state index in [9.17, 15) is 38.4 Å². The molecule has 0 aliphatic carbocycles. The van der Waals surface area contributed by atoms with E-state index in [4.69, 9.17) is 40.0 Å². The zero-order valence-electron chi connectivity index (χ0n) is 78.0. The summed E-state index contributed by atoms with van der Waals surface area (Å²) in [5.74, 6) is 1.64. The number of pyridine rings is 2. The average Bonchev–Trinajstić information content (AvgIpc) is 1.60. The second-order valence-electron chi connectivity index (χ2n) is 35.6. The molecule has 11 heterocycles. The number of hydrogen-bond acceptors (Lipinski definition) is 24. The molecule has 11 aromatic rings. The van der Waals surface area contributed by atoms with Gasteiger partial charge in [0, 0.05) is 153 Å². The first-order valence-corrected chi connectivity index (χ1v) is 46.7. The highest BCUT2D eigenvalue weighted by molar-refractivity contribution is 6.30. The number of imide groups is 4. The number of piperazine rings is 4. The molecule has 2 aromatic heterocycles. The maximum absolute atomic E-state index is 13.5. The lowest BCUT2D eigenvalue weighted by Gasteiger charge is -2.42. The standard InChI is InChI=1S/C28H28ClN3O4.C27H26N4O2.C26H26N4O3.C26H33N3O5/c1-35-24-11-8-20(16-25(24)36-2)18-32-27(33)22-4-3-5-23(26(22)28(32)34)31-14-12-30(13-15-31)17-19-6-9-21(29)10-7-19;32-26-23-10-6-11-24(25(23)27(33)31(26)16-20-9-4-5-14-28-20)29-17-21-12-13-22(18-29)30(21)15-19-7-2-1-3-8-19;1-33-23-16-20(10-11-27-23)18-30-25(31)21-8-5-9-22(24(21)26(30)32)29-14-12-28(13-15-29)17-19-6-3-2-4-7-19;1-17(2)15-27-9-11-28(12-10-27)20-8-6-7-19-23(20)26(31)29(25(19)30)16-18-13-21(32-3)24(34-5)22(14-18)33-4/h3-11,16H,12-15,17-18H2,1-2H3;1-11,14,21-22H,12-13,15-18H2;2-11,16H,12-15,17-18H2,1H3;6-8,13-14,17H,9-12,15-16H2,1-5H3. The maximum atomic E-state index is 13.5. The molecule has 0 saturated carbocycles. The van der Waals surface area contributed by atoms with Gasteiger partial charge in [0.05, 0.1) is 142 Å². The van der Waals surface area contributed by atoms with Crippen LogP contribution in [0.4, 0.5) is 22.7 Å². The van der Waals surface area contributed by atoms with Crippen LogP contribution in [0.1, 0.15) is 149 Å². The third-order valence-corrected chi connectivity index (χ3v) is 26.9. The number of ether oxygens (including phenoxy) is 6. The van der Waals surface area contributed by atoms with Crippen LogP contribution in [0.5, 0.6) is 34.6 Å². The van der Waals surface area contributed by atoms with E-state index < -0.39 is 0 Å². The Morgan fingerprint density at radius 1 is 0.316 bits per heavy atom. The Kier molecular flexibility index (Phi) is 29.1. The molecule has 9 aromatic carbocycles. The fourth-order valence-electron chi connectivity index (χ4n) is 19.9. The lowest BCUT2D eigenvalue weighted by molar-refractivity contribution is 0.0626. The molecular formula is C107H113ClN14O14. The number of fused-ring (bicyclic) bond motifs is 6. The van der Waals surface area contributed by atoms with E-state index in [0.717, 1.165) is 157 Å². The highest BCUT2D eigenvalue weighted by Crippen LogP contribution is 2.44. The van der Waals surface area contributed by atoms with Crippen LogP contribution in [0.25, 0.3) is 0 Å². The molecule has 29 heteroatoms. The van der Waals surface area contributed by atoms with Gasteiger partial charge < -0.3 is 48.0 Å². The van der Waals surface area contributed by atoms with Crippen LogP contribution in [0.15, 0.2) is 231 Å². The van der Waals surface area contributed by atoms with E-state index in [1.54, 1.807) is 94.4 Å². The van der Waals surface area contributed by atoms with Gasteiger partial charge in [-0.3, -0.25) is 82.5 Å². The molecule has 2 unspecified atom stereocenters. The Balaban J connectivity index is 0.000000126. The minimum atomic E-state index is -0.283. The van der Waals surface area contributed by atoms with Crippen molar-refractivity contribution in [2.24, 2.45) is 5.92 Å². The molecule has 20 rings (SSSR count). The zero-order valence-corrected chi connectivity index (χ0v) is 78.8. The number of nitrogens with zero attached hydrogens (tertiary/aromatic N) is 14. The van der Waals surface area contributed by atoms with Crippen molar-refractivity contribution in [2.75, 3.05) is 160 Å². The summed E-state index contributed by atoms with van der Waals surface area (Å²) in [6.45, 7) is 21.0. The predicted octanol–water partition coefficient (Wildman–Crippen LogP) is 14.7. The third-order valence-electron chi connectivity index (χ3n) is 26.7. The Bertz CT molecular complexity index is 6190. The molecule has 9 aliphatic heterocycles. The van der Waals surface area contributed by atoms with Crippen molar-refractivity contribution in [3.63, 3.8) is 0 Å². The van der Waals surface area contributed by atoms with Gasteiger partial charge >= 0.3 is 0 Å². The van der Waals surface area contributed by atoms with Gasteiger partial charge in [-0.1, -0.05) is 135 Å². The van der Waals surface area contributed by atoms with Gasteiger partial charge in [0.2, 0.25) is 11.6 Å². The van der Waals surface area contributed by atoms with Gasteiger partial charge in [0.15, 0.2) is 23.0 Å². The number of hydrogen-bond donors (Lipinski definition) is 0. The number of amides is 8. The fraction of sp³-hybridized carbons (Fsp3) is 0.327. The smallest absolute Gasteiger partial charge is 0.264 e. The van der Waals surface area contributed by atoms with Crippen molar-refractivity contribution in [1.82, 2.24) is 49.2 Å². The molecule has 0 spiro atoms. The number of rotatable bonds is 26. The van der Waals surface area contributed by atoms with Gasteiger partial charge in [0.1, 0.15) is 0 Å². The van der Waals surface area contributed by atoms with Gasteiger partial charge in [-0.15, -0.1) is 0 Å². The van der Waals surface area contributed by atoms with Crippen LogP contribution < -0.4 is 48.0 Å². The second kappa shape index (κ2) is 42.3. The average molecular weight is 1850 g/mol. The van der Waals surface area contributed by atoms with Crippen molar-refractivity contribution in [3.8, 4) is 34.6 Å². The molecule has 8 amide bonds. The summed E-state index contributed by atoms with van der Waals surface area (Å²) in [7, 11) is 9.28. The fourth-order valence-corrected chi connectivity index (χ4v) is 20.0. The molecule has 28 nitrogen and oxygen atoms in total. The molecular weight excluding hydrogens is 1740 g/mol. The molecule has 0 N–H and O–H groups in total. The first-order chi connectivity index (χ1) is 66.2. The van der Waals surface area contributed by atoms with Gasteiger partial charge in [0.25, 0.3) is 47.3 Å². The normalized spacial score (nSPS) is 17.6. The summed E-state index contributed by atoms with van der Waals surface area (Å²) >= 11 is 6.01. The second-order valence-corrected chi connectivity index (χ2v) is 36.0. The van der Waals surface area contributed by atoms with Crippen LogP contribution >= 0.6 is 11.6 Å². The number of carbonyl (C=O) groups excluding carboxylic acids is 8. The van der Waals surface area contributed by atoms with Crippen molar-refractivity contribution in [3.05, 3.63) is 319 Å². The molecule has 702 valence electrons. The van der Waals surface area contributed by atoms with Crippen molar-refractivity contribution >= 4 is 81.6 Å². The Labute approximate surface area is 797 Å². The first kappa shape index (κ1) is 93.8. The van der Waals surface area contributed by atoms with E-state index in [1.807, 2.05) is 91.0 Å². The minimum absolute atomic E-state index is 0.116. The number of carbonyl (C=O) groups is 8. The summed E-state index contributed by atoms with van der Waals surface area (Å²) in [5, 5.41) is 0.737. The lowest BCUT2D eigenvalue weighted by atomic mass is 10.0. The number of anilines is 4. The third kappa shape index (κ3) is 20.2. The Morgan fingerprint density at radius 2 is 0.706 bits per heavy atom. The summed E-state index contributed by atoms with van der Waals surface area (Å²) in [6, 6.07) is 70.3. The topological polar surface area (TPSA) is 257 Å². The van der Waals surface area contributed by atoms with E-state index in [2.05, 4.69) is 130 Å². The van der Waals surface area contributed by atoms with E-state index >= 15 is 0 Å². The molecule has 2 bridgehead atoms. The van der Waals surface area contributed by atoms with Gasteiger partial charge in [-0.25, -0.2) is 4.98 Å². The number of halogens is 1. The van der Waals surface area contributed by atoms with Crippen LogP contribution in [0.2, 0.25) is 5.02 Å². The van der Waals surface area contributed by atoms with Crippen LogP contribution in [0.3, 0.4) is 0 Å². The van der Waals surface area contributed by atoms with Crippen molar-refractivity contribution in [2.45, 2.75) is 84.6 Å². The van der Waals surface area contributed by atoms with Crippen LogP contribution in [-0.2, 0) is 45.8 Å². The molecule has 2 atom stereocenters. The monoisotopic (exact) mass is 1850 g/mol. The van der Waals surface area contributed by atoms with Crippen molar-refractivity contribution < 1.29 is 66.8 Å². The molecule has 5 saturated heterocycles. The van der Waals surface area contributed by atoms with Crippen LogP contribution in [-0.4, -0.2) is 249 Å². The number of aromatic nitrogens is 2. The first-order valence-electron chi connectivity index (χ1n) is 46.3. The minimum Gasteiger partial charge on any atom is -0.493 e. The predicted molar refractivity (Wildman–Crippen MR) is 521 cm³/mol. The molecule has 136 heavy (non-hydrogen) atoms. The zero-order chi connectivity index (χ0) is 94.8. The summed E-state index contributed by atoms with van der Waals surface area (Å²) in [4.78, 5) is 139. The highest BCUT2D eigenvalue weighted by atomic mass is 35.5. The van der Waals surface area contributed by atoms with E-state index in [-0.39, 0.29) is 73.4 Å². The Morgan fingerprint density at radius 3 is 1.12 bits per heavy atom. The summed E-state index contributed by atoms with van der Waals surface area (Å²) in [6.07, 6.45) is 5.64. The Hall–Kier alpha value is -14.0. The highest BCUT2D eigenvalue weighted by Gasteiger charge is 2.46. The van der Waals surface area contributed by atoms with Crippen molar-refractivity contribution in [1.29, 1.82) is 0 Å². The van der Waals surface area contributed by atoms with E-state index in [1.165, 1.54) is 70.5 Å².